The van der Waals surface area contributed by atoms with Crippen molar-refractivity contribution in [1.82, 2.24) is 0 Å². The van der Waals surface area contributed by atoms with Crippen molar-refractivity contribution >= 4 is 5.97 Å². The van der Waals surface area contributed by atoms with Gasteiger partial charge in [0.1, 0.15) is 5.75 Å². The highest BCUT2D eigenvalue weighted by Crippen LogP contribution is 2.49. The molecule has 0 aliphatic heterocycles. The number of carboxylic acid groups (broad SMARTS) is 1. The summed E-state index contributed by atoms with van der Waals surface area (Å²) in [5.74, 6) is -1.89. The number of carboxylic acids is 1. The van der Waals surface area contributed by atoms with Crippen LogP contribution in [0.25, 0.3) is 0 Å². The van der Waals surface area contributed by atoms with Gasteiger partial charge in [-0.2, -0.15) is 13.2 Å². The van der Waals surface area contributed by atoms with E-state index in [1.807, 2.05) is 0 Å². The van der Waals surface area contributed by atoms with E-state index in [2.05, 4.69) is 0 Å². The number of carbonyl (C=O) groups is 1. The minimum absolute atomic E-state index is 0.210. The first-order valence-electron chi connectivity index (χ1n) is 5.32. The van der Waals surface area contributed by atoms with Crippen molar-refractivity contribution in [2.45, 2.75) is 18.5 Å². The fourth-order valence-electron chi connectivity index (χ4n) is 2.01. The van der Waals surface area contributed by atoms with Crippen molar-refractivity contribution < 1.29 is 27.8 Å². The molecule has 0 unspecified atom stereocenters. The van der Waals surface area contributed by atoms with E-state index in [-0.39, 0.29) is 11.7 Å². The molecule has 1 saturated carbocycles. The fraction of sp³-hybridized carbons (Fsp3) is 0.417. The SMILES string of the molecule is COc1cc([C@@H]2C[C@H]2C(=O)O)ccc1C(F)(F)F. The van der Waals surface area contributed by atoms with Gasteiger partial charge >= 0.3 is 12.1 Å². The molecule has 2 atom stereocenters. The predicted octanol–water partition coefficient (Wildman–Crippen LogP) is 2.90. The molecule has 0 bridgehead atoms. The van der Waals surface area contributed by atoms with Crippen LogP contribution in [0.1, 0.15) is 23.5 Å². The first-order valence-corrected chi connectivity index (χ1v) is 5.32. The molecule has 1 aliphatic rings. The standard InChI is InChI=1S/C12H11F3O3/c1-18-10-4-6(7-5-8(7)11(16)17)2-3-9(10)12(13,14)15/h2-4,7-8H,5H2,1H3,(H,16,17)/t7-,8+/m0/s1. The lowest BCUT2D eigenvalue weighted by Crippen LogP contribution is -2.08. The van der Waals surface area contributed by atoms with Gasteiger partial charge < -0.3 is 9.84 Å². The van der Waals surface area contributed by atoms with E-state index < -0.39 is 23.6 Å². The number of alkyl halides is 3. The molecule has 1 aromatic carbocycles. The zero-order chi connectivity index (χ0) is 13.5. The third kappa shape index (κ3) is 2.27. The smallest absolute Gasteiger partial charge is 0.419 e. The lowest BCUT2D eigenvalue weighted by molar-refractivity contribution is -0.139. The molecule has 98 valence electrons. The van der Waals surface area contributed by atoms with Gasteiger partial charge in [0.15, 0.2) is 0 Å². The van der Waals surface area contributed by atoms with Crippen LogP contribution in [0.2, 0.25) is 0 Å². The Bertz CT molecular complexity index is 482. The molecule has 3 nitrogen and oxygen atoms in total. The maximum absolute atomic E-state index is 12.6. The van der Waals surface area contributed by atoms with Gasteiger partial charge in [-0.3, -0.25) is 4.79 Å². The summed E-state index contributed by atoms with van der Waals surface area (Å²) in [6, 6.07) is 3.53. The number of benzene rings is 1. The van der Waals surface area contributed by atoms with Gasteiger partial charge in [0.05, 0.1) is 18.6 Å². The minimum Gasteiger partial charge on any atom is -0.496 e. The number of halogens is 3. The predicted molar refractivity (Wildman–Crippen MR) is 56.5 cm³/mol. The molecule has 0 spiro atoms. The molecular weight excluding hydrogens is 249 g/mol. The molecule has 1 N–H and O–H groups in total. The van der Waals surface area contributed by atoms with Crippen LogP contribution in [-0.4, -0.2) is 18.2 Å². The Labute approximate surface area is 101 Å². The number of ether oxygens (including phenoxy) is 1. The zero-order valence-corrected chi connectivity index (χ0v) is 9.49. The maximum atomic E-state index is 12.6. The second-order valence-corrected chi connectivity index (χ2v) is 4.24. The third-order valence-corrected chi connectivity index (χ3v) is 3.07. The fourth-order valence-corrected chi connectivity index (χ4v) is 2.01. The van der Waals surface area contributed by atoms with Crippen molar-refractivity contribution in [3.05, 3.63) is 29.3 Å². The molecule has 1 fully saturated rings. The van der Waals surface area contributed by atoms with Crippen LogP contribution in [0.3, 0.4) is 0 Å². The van der Waals surface area contributed by atoms with Gasteiger partial charge in [0, 0.05) is 0 Å². The first-order chi connectivity index (χ1) is 8.34. The Kier molecular flexibility index (Phi) is 2.96. The monoisotopic (exact) mass is 260 g/mol. The molecule has 18 heavy (non-hydrogen) atoms. The normalized spacial score (nSPS) is 22.7. The van der Waals surface area contributed by atoms with Gasteiger partial charge in [0.2, 0.25) is 0 Å². The van der Waals surface area contributed by atoms with Gasteiger partial charge in [0.25, 0.3) is 0 Å². The lowest BCUT2D eigenvalue weighted by atomic mass is 10.1. The topological polar surface area (TPSA) is 46.5 Å². The summed E-state index contributed by atoms with van der Waals surface area (Å²) in [5, 5.41) is 8.78. The quantitative estimate of drug-likeness (QED) is 0.908. The maximum Gasteiger partial charge on any atom is 0.419 e. The highest BCUT2D eigenvalue weighted by atomic mass is 19.4. The van der Waals surface area contributed by atoms with Crippen LogP contribution in [0.15, 0.2) is 18.2 Å². The summed E-state index contributed by atoms with van der Waals surface area (Å²) in [6.45, 7) is 0. The summed E-state index contributed by atoms with van der Waals surface area (Å²) >= 11 is 0. The van der Waals surface area contributed by atoms with E-state index in [1.165, 1.54) is 12.1 Å². The molecule has 1 aliphatic carbocycles. The van der Waals surface area contributed by atoms with Crippen LogP contribution < -0.4 is 4.74 Å². The molecule has 0 aromatic heterocycles. The van der Waals surface area contributed by atoms with Crippen molar-refractivity contribution in [2.75, 3.05) is 7.11 Å². The summed E-state index contributed by atoms with van der Waals surface area (Å²) in [4.78, 5) is 10.7. The Morgan fingerprint density at radius 1 is 1.44 bits per heavy atom. The summed E-state index contributed by atoms with van der Waals surface area (Å²) < 4.78 is 42.6. The highest BCUT2D eigenvalue weighted by Gasteiger charge is 2.45. The average molecular weight is 260 g/mol. The Balaban J connectivity index is 2.29. The second-order valence-electron chi connectivity index (χ2n) is 4.24. The van der Waals surface area contributed by atoms with E-state index >= 15 is 0 Å². The van der Waals surface area contributed by atoms with Crippen molar-refractivity contribution in [1.29, 1.82) is 0 Å². The molecule has 6 heteroatoms. The highest BCUT2D eigenvalue weighted by molar-refractivity contribution is 5.75. The van der Waals surface area contributed by atoms with Crippen LogP contribution in [0.5, 0.6) is 5.75 Å². The third-order valence-electron chi connectivity index (χ3n) is 3.07. The van der Waals surface area contributed by atoms with Gasteiger partial charge in [-0.1, -0.05) is 6.07 Å². The average Bonchev–Trinajstić information content (AvgIpc) is 3.06. The minimum atomic E-state index is -4.47. The van der Waals surface area contributed by atoms with Crippen LogP contribution in [-0.2, 0) is 11.0 Å². The van der Waals surface area contributed by atoms with E-state index in [9.17, 15) is 18.0 Å². The van der Waals surface area contributed by atoms with E-state index in [4.69, 9.17) is 9.84 Å². The van der Waals surface area contributed by atoms with Crippen LogP contribution >= 0.6 is 0 Å². The van der Waals surface area contributed by atoms with Crippen molar-refractivity contribution in [2.24, 2.45) is 5.92 Å². The number of hydrogen-bond donors (Lipinski definition) is 1. The number of rotatable bonds is 3. The van der Waals surface area contributed by atoms with Gasteiger partial charge in [-0.25, -0.2) is 0 Å². The summed E-state index contributed by atoms with van der Waals surface area (Å²) in [5.41, 5.74) is -0.270. The number of aliphatic carboxylic acids is 1. The second kappa shape index (κ2) is 4.19. The number of hydrogen-bond acceptors (Lipinski definition) is 2. The van der Waals surface area contributed by atoms with Gasteiger partial charge in [-0.15, -0.1) is 0 Å². The Morgan fingerprint density at radius 2 is 2.11 bits per heavy atom. The molecule has 0 saturated heterocycles. The lowest BCUT2D eigenvalue weighted by Gasteiger charge is -2.13. The van der Waals surface area contributed by atoms with Crippen molar-refractivity contribution in [3.63, 3.8) is 0 Å². The van der Waals surface area contributed by atoms with Crippen LogP contribution in [0, 0.1) is 5.92 Å². The van der Waals surface area contributed by atoms with E-state index in [1.54, 1.807) is 0 Å². The van der Waals surface area contributed by atoms with E-state index in [0.29, 0.717) is 12.0 Å². The summed E-state index contributed by atoms with van der Waals surface area (Å²) in [7, 11) is 1.16. The van der Waals surface area contributed by atoms with E-state index in [0.717, 1.165) is 13.2 Å². The molecule has 1 aromatic rings. The number of methoxy groups -OCH3 is 1. The van der Waals surface area contributed by atoms with Crippen LogP contribution in [0.4, 0.5) is 13.2 Å². The Hall–Kier alpha value is -1.72. The molecule has 0 heterocycles. The first kappa shape index (κ1) is 12.7. The molecular formula is C12H11F3O3. The molecule has 2 rings (SSSR count). The Morgan fingerprint density at radius 3 is 2.56 bits per heavy atom. The largest absolute Gasteiger partial charge is 0.496 e. The molecule has 0 radical (unpaired) electrons. The van der Waals surface area contributed by atoms with Gasteiger partial charge in [-0.05, 0) is 30.0 Å². The summed E-state index contributed by atoms with van der Waals surface area (Å²) in [6.07, 6.45) is -4.01. The molecule has 0 amide bonds. The zero-order valence-electron chi connectivity index (χ0n) is 9.49. The van der Waals surface area contributed by atoms with Crippen molar-refractivity contribution in [3.8, 4) is 5.75 Å².